The first-order valence-corrected chi connectivity index (χ1v) is 6.26. The maximum atomic E-state index is 11.4. The lowest BCUT2D eigenvalue weighted by Crippen LogP contribution is -2.50. The number of rotatable bonds is 3. The average Bonchev–Trinajstić information content (AvgIpc) is 2.03. The molecule has 1 aliphatic heterocycles. The summed E-state index contributed by atoms with van der Waals surface area (Å²) in [5.74, 6) is 0.458. The summed E-state index contributed by atoms with van der Waals surface area (Å²) in [5.41, 5.74) is -0.494. The van der Waals surface area contributed by atoms with Gasteiger partial charge in [0.05, 0.1) is 17.1 Å². The molecule has 1 fully saturated rings. The van der Waals surface area contributed by atoms with E-state index in [4.69, 9.17) is 4.74 Å². The Balaban J connectivity index is 2.76. The monoisotopic (exact) mass is 207 g/mol. The topological polar surface area (TPSA) is 55.4 Å². The van der Waals surface area contributed by atoms with Crippen LogP contribution in [0.4, 0.5) is 0 Å². The van der Waals surface area contributed by atoms with Crippen molar-refractivity contribution in [3.8, 4) is 0 Å². The molecule has 0 aromatic rings. The smallest absolute Gasteiger partial charge is 0.153 e. The molecule has 0 amide bonds. The summed E-state index contributed by atoms with van der Waals surface area (Å²) >= 11 is 0. The van der Waals surface area contributed by atoms with Gasteiger partial charge in [-0.15, -0.1) is 0 Å². The number of sulfone groups is 1. The zero-order valence-electron chi connectivity index (χ0n) is 8.17. The molecule has 1 saturated heterocycles. The highest BCUT2D eigenvalue weighted by molar-refractivity contribution is 7.91. The van der Waals surface area contributed by atoms with Crippen LogP contribution in [0.2, 0.25) is 0 Å². The summed E-state index contributed by atoms with van der Waals surface area (Å²) < 4.78 is 28.1. The first kappa shape index (κ1) is 10.9. The van der Waals surface area contributed by atoms with Crippen LogP contribution < -0.4 is 5.32 Å². The van der Waals surface area contributed by atoms with Crippen molar-refractivity contribution in [2.45, 2.75) is 18.4 Å². The van der Waals surface area contributed by atoms with Crippen molar-refractivity contribution in [1.29, 1.82) is 0 Å². The van der Waals surface area contributed by atoms with Crippen LogP contribution in [-0.2, 0) is 14.6 Å². The number of ether oxygens (including phenoxy) is 1. The number of hydrogen-bond acceptors (Lipinski definition) is 4. The summed E-state index contributed by atoms with van der Waals surface area (Å²) in [6.45, 7) is 0.600. The van der Waals surface area contributed by atoms with Crippen LogP contribution in [-0.4, -0.2) is 46.2 Å². The molecule has 0 bridgehead atoms. The van der Waals surface area contributed by atoms with Crippen molar-refractivity contribution < 1.29 is 13.2 Å². The largest absolute Gasteiger partial charge is 0.376 e. The average molecular weight is 207 g/mol. The lowest BCUT2D eigenvalue weighted by molar-refractivity contribution is 0.000855. The molecule has 1 rings (SSSR count). The van der Waals surface area contributed by atoms with Gasteiger partial charge in [-0.1, -0.05) is 0 Å². The Morgan fingerprint density at radius 3 is 2.69 bits per heavy atom. The highest BCUT2D eigenvalue weighted by Crippen LogP contribution is 2.25. The van der Waals surface area contributed by atoms with Crippen molar-refractivity contribution in [1.82, 2.24) is 5.32 Å². The summed E-state index contributed by atoms with van der Waals surface area (Å²) in [6, 6.07) is 0. The minimum absolute atomic E-state index is 0.150. The SMILES string of the molecule is CNCC1(OC)CCCS(=O)(=O)C1. The molecule has 1 unspecified atom stereocenters. The fraction of sp³-hybridized carbons (Fsp3) is 1.00. The first-order chi connectivity index (χ1) is 6.04. The maximum absolute atomic E-state index is 11.4. The van der Waals surface area contributed by atoms with Gasteiger partial charge in [0.25, 0.3) is 0 Å². The van der Waals surface area contributed by atoms with E-state index in [1.807, 2.05) is 7.05 Å². The van der Waals surface area contributed by atoms with Gasteiger partial charge in [-0.2, -0.15) is 0 Å². The van der Waals surface area contributed by atoms with Crippen molar-refractivity contribution in [3.05, 3.63) is 0 Å². The highest BCUT2D eigenvalue weighted by Gasteiger charge is 2.38. The fourth-order valence-electron chi connectivity index (χ4n) is 1.85. The van der Waals surface area contributed by atoms with E-state index in [-0.39, 0.29) is 5.75 Å². The Morgan fingerprint density at radius 1 is 1.54 bits per heavy atom. The molecule has 0 saturated carbocycles. The molecular weight excluding hydrogens is 190 g/mol. The standard InChI is InChI=1S/C8H17NO3S/c1-9-6-8(12-2)4-3-5-13(10,11)7-8/h9H,3-7H2,1-2H3. The second-order valence-electron chi connectivity index (χ2n) is 3.61. The highest BCUT2D eigenvalue weighted by atomic mass is 32.2. The Morgan fingerprint density at radius 2 is 2.23 bits per heavy atom. The second kappa shape index (κ2) is 3.94. The summed E-state index contributed by atoms with van der Waals surface area (Å²) in [6.07, 6.45) is 1.53. The predicted molar refractivity (Wildman–Crippen MR) is 51.6 cm³/mol. The predicted octanol–water partition coefficient (Wildman–Crippen LogP) is -0.200. The molecule has 1 atom stereocenters. The molecule has 1 heterocycles. The lowest BCUT2D eigenvalue weighted by atomic mass is 10.00. The van der Waals surface area contributed by atoms with E-state index >= 15 is 0 Å². The zero-order valence-corrected chi connectivity index (χ0v) is 8.99. The third-order valence-electron chi connectivity index (χ3n) is 2.50. The van der Waals surface area contributed by atoms with Gasteiger partial charge in [-0.05, 0) is 19.9 Å². The molecule has 4 nitrogen and oxygen atoms in total. The van der Waals surface area contributed by atoms with Gasteiger partial charge in [0, 0.05) is 13.7 Å². The van der Waals surface area contributed by atoms with E-state index in [2.05, 4.69) is 5.32 Å². The van der Waals surface area contributed by atoms with Crippen LogP contribution in [0.25, 0.3) is 0 Å². The van der Waals surface area contributed by atoms with Gasteiger partial charge in [-0.3, -0.25) is 0 Å². The van der Waals surface area contributed by atoms with E-state index in [9.17, 15) is 8.42 Å². The van der Waals surface area contributed by atoms with Crippen LogP contribution in [0.15, 0.2) is 0 Å². The first-order valence-electron chi connectivity index (χ1n) is 4.44. The van der Waals surface area contributed by atoms with Crippen molar-refractivity contribution >= 4 is 9.84 Å². The molecule has 0 aliphatic carbocycles. The minimum atomic E-state index is -2.89. The fourth-order valence-corrected chi connectivity index (χ4v) is 3.75. The third kappa shape index (κ3) is 2.65. The van der Waals surface area contributed by atoms with Gasteiger partial charge in [0.15, 0.2) is 9.84 Å². The summed E-state index contributed by atoms with van der Waals surface area (Å²) in [4.78, 5) is 0. The van der Waals surface area contributed by atoms with Gasteiger partial charge >= 0.3 is 0 Å². The van der Waals surface area contributed by atoms with Gasteiger partial charge < -0.3 is 10.1 Å². The molecule has 1 aliphatic rings. The van der Waals surface area contributed by atoms with Crippen LogP contribution >= 0.6 is 0 Å². The molecule has 0 aromatic carbocycles. The van der Waals surface area contributed by atoms with E-state index < -0.39 is 15.4 Å². The minimum Gasteiger partial charge on any atom is -0.376 e. The molecule has 0 aromatic heterocycles. The van der Waals surface area contributed by atoms with E-state index in [1.54, 1.807) is 7.11 Å². The summed E-state index contributed by atoms with van der Waals surface area (Å²) in [5, 5.41) is 2.98. The third-order valence-corrected chi connectivity index (χ3v) is 4.38. The normalized spacial score (nSPS) is 33.1. The zero-order chi connectivity index (χ0) is 9.95. The van der Waals surface area contributed by atoms with Crippen molar-refractivity contribution in [2.24, 2.45) is 0 Å². The van der Waals surface area contributed by atoms with Gasteiger partial charge in [0.2, 0.25) is 0 Å². The Kier molecular flexibility index (Phi) is 3.32. The molecule has 0 spiro atoms. The number of nitrogens with one attached hydrogen (secondary N) is 1. The Hall–Kier alpha value is -0.130. The van der Waals surface area contributed by atoms with Gasteiger partial charge in [0.1, 0.15) is 0 Å². The Bertz CT molecular complexity index is 259. The van der Waals surface area contributed by atoms with E-state index in [1.165, 1.54) is 0 Å². The maximum Gasteiger partial charge on any atom is 0.153 e. The van der Waals surface area contributed by atoms with Crippen LogP contribution in [0.5, 0.6) is 0 Å². The lowest BCUT2D eigenvalue weighted by Gasteiger charge is -2.35. The Labute approximate surface area is 79.6 Å². The van der Waals surface area contributed by atoms with E-state index in [0.717, 1.165) is 6.42 Å². The van der Waals surface area contributed by atoms with Crippen LogP contribution in [0.3, 0.4) is 0 Å². The number of likely N-dealkylation sites (N-methyl/N-ethyl adjacent to an activating group) is 1. The van der Waals surface area contributed by atoms with Crippen LogP contribution in [0, 0.1) is 0 Å². The van der Waals surface area contributed by atoms with Gasteiger partial charge in [-0.25, -0.2) is 8.42 Å². The van der Waals surface area contributed by atoms with Crippen molar-refractivity contribution in [2.75, 3.05) is 32.2 Å². The van der Waals surface area contributed by atoms with E-state index in [0.29, 0.717) is 18.7 Å². The molecule has 1 N–H and O–H groups in total. The molecule has 0 radical (unpaired) electrons. The number of methoxy groups -OCH3 is 1. The van der Waals surface area contributed by atoms with Crippen LogP contribution in [0.1, 0.15) is 12.8 Å². The molecule has 13 heavy (non-hydrogen) atoms. The van der Waals surface area contributed by atoms with Crippen molar-refractivity contribution in [3.63, 3.8) is 0 Å². The summed E-state index contributed by atoms with van der Waals surface area (Å²) in [7, 11) is 0.499. The molecule has 78 valence electrons. The molecule has 5 heteroatoms. The second-order valence-corrected chi connectivity index (χ2v) is 5.80. The molecular formula is C8H17NO3S. The quantitative estimate of drug-likeness (QED) is 0.696. The number of hydrogen-bond donors (Lipinski definition) is 1.